The highest BCUT2D eigenvalue weighted by molar-refractivity contribution is 9.10. The van der Waals surface area contributed by atoms with Crippen molar-refractivity contribution in [2.24, 2.45) is 5.73 Å². The van der Waals surface area contributed by atoms with E-state index in [1.807, 2.05) is 24.3 Å². The Bertz CT molecular complexity index is 600. The maximum atomic E-state index is 11.4. The van der Waals surface area contributed by atoms with Gasteiger partial charge in [0.2, 0.25) is 0 Å². The summed E-state index contributed by atoms with van der Waals surface area (Å²) in [7, 11) is 0. The molecule has 0 radical (unpaired) electrons. The van der Waals surface area contributed by atoms with Crippen molar-refractivity contribution >= 4 is 27.7 Å². The molecule has 18 heavy (non-hydrogen) atoms. The van der Waals surface area contributed by atoms with Crippen LogP contribution in [-0.2, 0) is 12.3 Å². The van der Waals surface area contributed by atoms with Gasteiger partial charge in [0.1, 0.15) is 5.82 Å². The molecule has 0 fully saturated rings. The topological polar surface area (TPSA) is 71.8 Å². The fourth-order valence-corrected chi connectivity index (χ4v) is 2.88. The van der Waals surface area contributed by atoms with Crippen LogP contribution in [0.4, 0.5) is 0 Å². The van der Waals surface area contributed by atoms with Crippen LogP contribution in [-0.4, -0.2) is 9.97 Å². The molecule has 0 bridgehead atoms. The van der Waals surface area contributed by atoms with Gasteiger partial charge in [0.25, 0.3) is 5.56 Å². The van der Waals surface area contributed by atoms with E-state index in [0.717, 1.165) is 9.37 Å². The summed E-state index contributed by atoms with van der Waals surface area (Å²) in [5, 5.41) is 0. The number of hydrogen-bond donors (Lipinski definition) is 2. The number of halogens is 1. The molecule has 0 saturated heterocycles. The van der Waals surface area contributed by atoms with Crippen LogP contribution in [0.15, 0.2) is 44.5 Å². The van der Waals surface area contributed by atoms with Crippen molar-refractivity contribution in [2.75, 3.05) is 0 Å². The Labute approximate surface area is 117 Å². The summed E-state index contributed by atoms with van der Waals surface area (Å²) in [6.07, 6.45) is 0. The molecule has 0 unspecified atom stereocenters. The van der Waals surface area contributed by atoms with E-state index in [2.05, 4.69) is 25.9 Å². The molecule has 6 heteroatoms. The largest absolute Gasteiger partial charge is 0.325 e. The van der Waals surface area contributed by atoms with Crippen molar-refractivity contribution in [3.05, 3.63) is 56.7 Å². The van der Waals surface area contributed by atoms with E-state index in [-0.39, 0.29) is 12.1 Å². The van der Waals surface area contributed by atoms with Crippen LogP contribution in [0.1, 0.15) is 11.5 Å². The van der Waals surface area contributed by atoms with Crippen molar-refractivity contribution in [3.8, 4) is 0 Å². The maximum Gasteiger partial charge on any atom is 0.251 e. The summed E-state index contributed by atoms with van der Waals surface area (Å²) in [6.45, 7) is 0.274. The van der Waals surface area contributed by atoms with E-state index in [9.17, 15) is 4.79 Å². The number of thioether (sulfide) groups is 1. The molecule has 2 rings (SSSR count). The SMILES string of the molecule is NCc1cc(=O)[nH]c(CSc2ccccc2Br)n1. The number of benzene rings is 1. The van der Waals surface area contributed by atoms with Crippen molar-refractivity contribution in [1.29, 1.82) is 0 Å². The number of aromatic amines is 1. The average Bonchev–Trinajstić information content (AvgIpc) is 2.37. The first-order valence-electron chi connectivity index (χ1n) is 5.35. The van der Waals surface area contributed by atoms with Crippen LogP contribution in [0.2, 0.25) is 0 Å². The second-order valence-corrected chi connectivity index (χ2v) is 5.48. The summed E-state index contributed by atoms with van der Waals surface area (Å²) in [4.78, 5) is 19.5. The lowest BCUT2D eigenvalue weighted by atomic mass is 10.4. The first kappa shape index (κ1) is 13.3. The first-order valence-corrected chi connectivity index (χ1v) is 7.13. The van der Waals surface area contributed by atoms with Crippen molar-refractivity contribution in [2.45, 2.75) is 17.2 Å². The second-order valence-electron chi connectivity index (χ2n) is 3.61. The third kappa shape index (κ3) is 3.44. The first-order chi connectivity index (χ1) is 8.69. The Morgan fingerprint density at radius 2 is 2.17 bits per heavy atom. The van der Waals surface area contributed by atoms with Gasteiger partial charge >= 0.3 is 0 Å². The van der Waals surface area contributed by atoms with Crippen molar-refractivity contribution < 1.29 is 0 Å². The summed E-state index contributed by atoms with van der Waals surface area (Å²) >= 11 is 5.09. The van der Waals surface area contributed by atoms with Gasteiger partial charge < -0.3 is 10.7 Å². The molecule has 3 N–H and O–H groups in total. The minimum Gasteiger partial charge on any atom is -0.325 e. The third-order valence-corrected chi connectivity index (χ3v) is 4.29. The van der Waals surface area contributed by atoms with Crippen LogP contribution < -0.4 is 11.3 Å². The molecule has 0 aliphatic carbocycles. The van der Waals surface area contributed by atoms with Crippen LogP contribution >= 0.6 is 27.7 Å². The molecule has 94 valence electrons. The summed E-state index contributed by atoms with van der Waals surface area (Å²) in [5.41, 5.74) is 5.94. The smallest absolute Gasteiger partial charge is 0.251 e. The van der Waals surface area contributed by atoms with Gasteiger partial charge in [0.15, 0.2) is 0 Å². The molecule has 0 atom stereocenters. The summed E-state index contributed by atoms with van der Waals surface area (Å²) < 4.78 is 1.03. The van der Waals surface area contributed by atoms with Gasteiger partial charge in [-0.2, -0.15) is 0 Å². The van der Waals surface area contributed by atoms with E-state index >= 15 is 0 Å². The monoisotopic (exact) mass is 325 g/mol. The second kappa shape index (κ2) is 6.17. The Morgan fingerprint density at radius 3 is 2.89 bits per heavy atom. The standard InChI is InChI=1S/C12H12BrN3OS/c13-9-3-1-2-4-10(9)18-7-11-15-8(6-14)5-12(17)16-11/h1-5H,6-7,14H2,(H,15,16,17). The number of hydrogen-bond acceptors (Lipinski definition) is 4. The van der Waals surface area contributed by atoms with E-state index in [1.54, 1.807) is 11.8 Å². The van der Waals surface area contributed by atoms with Gasteiger partial charge in [-0.25, -0.2) is 4.98 Å². The number of nitrogens with one attached hydrogen (secondary N) is 1. The van der Waals surface area contributed by atoms with Gasteiger partial charge in [-0.1, -0.05) is 12.1 Å². The van der Waals surface area contributed by atoms with Crippen LogP contribution in [0.3, 0.4) is 0 Å². The zero-order valence-corrected chi connectivity index (χ0v) is 11.9. The molecule has 0 aliphatic heterocycles. The molecule has 0 aliphatic rings. The number of nitrogens with zero attached hydrogens (tertiary/aromatic N) is 1. The summed E-state index contributed by atoms with van der Waals surface area (Å²) in [6, 6.07) is 9.35. The van der Waals surface area contributed by atoms with E-state index in [1.165, 1.54) is 6.07 Å². The Hall–Kier alpha value is -1.11. The Balaban J connectivity index is 2.13. The number of H-pyrrole nitrogens is 1. The van der Waals surface area contributed by atoms with Crippen molar-refractivity contribution in [3.63, 3.8) is 0 Å². The minimum absolute atomic E-state index is 0.159. The lowest BCUT2D eigenvalue weighted by Crippen LogP contribution is -2.14. The molecule has 0 spiro atoms. The fraction of sp³-hybridized carbons (Fsp3) is 0.167. The highest BCUT2D eigenvalue weighted by atomic mass is 79.9. The molecule has 1 heterocycles. The highest BCUT2D eigenvalue weighted by Gasteiger charge is 2.03. The van der Waals surface area contributed by atoms with Gasteiger partial charge in [0.05, 0.1) is 11.4 Å². The quantitative estimate of drug-likeness (QED) is 0.846. The molecule has 0 saturated carbocycles. The Morgan fingerprint density at radius 1 is 1.39 bits per heavy atom. The molecular weight excluding hydrogens is 314 g/mol. The van der Waals surface area contributed by atoms with Gasteiger partial charge in [-0.15, -0.1) is 11.8 Å². The molecular formula is C12H12BrN3OS. The lowest BCUT2D eigenvalue weighted by Gasteiger charge is -2.04. The number of nitrogens with two attached hydrogens (primary N) is 1. The fourth-order valence-electron chi connectivity index (χ4n) is 1.44. The summed E-state index contributed by atoms with van der Waals surface area (Å²) in [5.74, 6) is 1.25. The molecule has 1 aromatic heterocycles. The van der Waals surface area contributed by atoms with Gasteiger partial charge in [-0.05, 0) is 28.1 Å². The maximum absolute atomic E-state index is 11.4. The molecule has 2 aromatic rings. The van der Waals surface area contributed by atoms with Crippen LogP contribution in [0, 0.1) is 0 Å². The van der Waals surface area contributed by atoms with E-state index in [4.69, 9.17) is 5.73 Å². The molecule has 0 amide bonds. The Kier molecular flexibility index (Phi) is 4.57. The zero-order valence-electron chi connectivity index (χ0n) is 9.52. The number of rotatable bonds is 4. The van der Waals surface area contributed by atoms with E-state index in [0.29, 0.717) is 17.3 Å². The van der Waals surface area contributed by atoms with Gasteiger partial charge in [0, 0.05) is 22.0 Å². The third-order valence-electron chi connectivity index (χ3n) is 2.25. The predicted molar refractivity (Wildman–Crippen MR) is 76.5 cm³/mol. The van der Waals surface area contributed by atoms with Gasteiger partial charge in [-0.3, -0.25) is 4.79 Å². The zero-order chi connectivity index (χ0) is 13.0. The van der Waals surface area contributed by atoms with E-state index < -0.39 is 0 Å². The normalized spacial score (nSPS) is 10.6. The number of aromatic nitrogens is 2. The van der Waals surface area contributed by atoms with Crippen LogP contribution in [0.25, 0.3) is 0 Å². The molecule has 4 nitrogen and oxygen atoms in total. The predicted octanol–water partition coefficient (Wildman–Crippen LogP) is 2.28. The molecule has 1 aromatic carbocycles. The lowest BCUT2D eigenvalue weighted by molar-refractivity contribution is 0.902. The minimum atomic E-state index is -0.159. The van der Waals surface area contributed by atoms with Crippen molar-refractivity contribution in [1.82, 2.24) is 9.97 Å². The highest BCUT2D eigenvalue weighted by Crippen LogP contribution is 2.28. The average molecular weight is 326 g/mol. The van der Waals surface area contributed by atoms with Crippen LogP contribution in [0.5, 0.6) is 0 Å².